The Bertz CT molecular complexity index is 1370. The smallest absolute Gasteiger partial charge is 0.233 e. The molecule has 11 heteroatoms. The summed E-state index contributed by atoms with van der Waals surface area (Å²) in [5, 5.41) is 38.0. The average Bonchev–Trinajstić information content (AvgIpc) is 3.29. The zero-order valence-corrected chi connectivity index (χ0v) is 21.2. The van der Waals surface area contributed by atoms with Crippen LogP contribution in [-0.4, -0.2) is 41.0 Å². The molecule has 1 heterocycles. The lowest BCUT2D eigenvalue weighted by Crippen LogP contribution is -2.48. The van der Waals surface area contributed by atoms with E-state index in [1.165, 1.54) is 0 Å². The standard InChI is InChI=1S/C28H31F3N5O3/c29-19-12-22-21(6-9-26(22)37)25(13-19)36(38,39)35-24-8-7-23(30)27(28(24)31)18-4-1-3-17(11-18)14-33-16-34-20-5-2-10-32-15-20/h1,4,7-8,11-14,16,20,26,32,35,37-39H,2-3,5-6,9-10,15H2,(H,33,34)/q+1/b17-14+. The maximum absolute atomic E-state index is 15.6. The Morgan fingerprint density at radius 1 is 1.13 bits per heavy atom. The van der Waals surface area contributed by atoms with Gasteiger partial charge in [-0.05, 0) is 79.6 Å². The summed E-state index contributed by atoms with van der Waals surface area (Å²) < 4.78 is 44.7. The molecule has 0 saturated carbocycles. The van der Waals surface area contributed by atoms with Crippen molar-refractivity contribution in [3.05, 3.63) is 88.4 Å². The number of hydrogen-bond donors (Lipinski definition) is 6. The highest BCUT2D eigenvalue weighted by Gasteiger charge is 2.38. The summed E-state index contributed by atoms with van der Waals surface area (Å²) in [6, 6.07) is 4.29. The third-order valence-corrected chi connectivity index (χ3v) is 7.14. The topological polar surface area (TPSA) is 109 Å². The Hall–Kier alpha value is -3.48. The normalized spacial score (nSPS) is 22.3. The van der Waals surface area contributed by atoms with Crippen LogP contribution < -0.4 is 21.0 Å². The molecule has 2 aliphatic carbocycles. The van der Waals surface area contributed by atoms with Crippen LogP contribution in [0.1, 0.15) is 48.5 Å². The lowest BCUT2D eigenvalue weighted by molar-refractivity contribution is -0.273. The van der Waals surface area contributed by atoms with Crippen molar-refractivity contribution in [2.75, 3.05) is 18.5 Å². The van der Waals surface area contributed by atoms with E-state index >= 15 is 4.39 Å². The highest BCUT2D eigenvalue weighted by Crippen LogP contribution is 2.40. The molecule has 6 N–H and O–H groups in total. The van der Waals surface area contributed by atoms with Crippen LogP contribution in [0.2, 0.25) is 0 Å². The van der Waals surface area contributed by atoms with Gasteiger partial charge in [0.15, 0.2) is 5.82 Å². The average molecular weight is 543 g/mol. The van der Waals surface area contributed by atoms with Gasteiger partial charge in [0.05, 0.1) is 29.0 Å². The molecule has 1 aliphatic heterocycles. The van der Waals surface area contributed by atoms with E-state index in [2.05, 4.69) is 21.1 Å². The summed E-state index contributed by atoms with van der Waals surface area (Å²) in [4.78, 5) is 2.39. The summed E-state index contributed by atoms with van der Waals surface area (Å²) in [5.41, 5.74) is 2.75. The first kappa shape index (κ1) is 27.1. The van der Waals surface area contributed by atoms with E-state index in [1.54, 1.807) is 30.8 Å². The van der Waals surface area contributed by atoms with Gasteiger partial charge in [-0.2, -0.15) is 5.43 Å². The summed E-state index contributed by atoms with van der Waals surface area (Å²) in [5.74, 6) is -2.67. The number of quaternary nitrogens is 1. The van der Waals surface area contributed by atoms with Gasteiger partial charge >= 0.3 is 0 Å². The second-order valence-corrected chi connectivity index (χ2v) is 9.91. The Morgan fingerprint density at radius 3 is 2.77 bits per heavy atom. The Labute approximate surface area is 224 Å². The fraction of sp³-hybridized carbons (Fsp3) is 0.321. The number of halogens is 3. The van der Waals surface area contributed by atoms with Crippen molar-refractivity contribution < 1.29 is 28.7 Å². The van der Waals surface area contributed by atoms with Crippen LogP contribution >= 0.6 is 0 Å². The Kier molecular flexibility index (Phi) is 7.87. The zero-order valence-electron chi connectivity index (χ0n) is 21.2. The molecule has 1 fully saturated rings. The lowest BCUT2D eigenvalue weighted by atomic mass is 9.95. The monoisotopic (exact) mass is 542 g/mol. The van der Waals surface area contributed by atoms with Crippen LogP contribution in [0.15, 0.2) is 59.3 Å². The van der Waals surface area contributed by atoms with Crippen molar-refractivity contribution in [2.24, 2.45) is 4.99 Å². The van der Waals surface area contributed by atoms with Gasteiger partial charge in [-0.1, -0.05) is 12.2 Å². The molecule has 0 spiro atoms. The number of piperidine rings is 1. The van der Waals surface area contributed by atoms with E-state index in [9.17, 15) is 24.3 Å². The number of aliphatic hydroxyl groups is 1. The number of aliphatic hydroxyl groups excluding tert-OH is 1. The molecule has 0 amide bonds. The maximum Gasteiger partial charge on any atom is 0.233 e. The van der Waals surface area contributed by atoms with Crippen molar-refractivity contribution in [3.8, 4) is 0 Å². The van der Waals surface area contributed by atoms with E-state index in [4.69, 9.17) is 0 Å². The Morgan fingerprint density at radius 2 is 1.97 bits per heavy atom. The molecular weight excluding hydrogens is 511 g/mol. The molecule has 3 aliphatic rings. The molecule has 39 heavy (non-hydrogen) atoms. The fourth-order valence-corrected chi connectivity index (χ4v) is 5.20. The van der Waals surface area contributed by atoms with Crippen LogP contribution in [0, 0.1) is 17.5 Å². The second kappa shape index (κ2) is 11.3. The molecule has 0 bridgehead atoms. The first-order chi connectivity index (χ1) is 18.7. The van der Waals surface area contributed by atoms with Crippen LogP contribution in [0.5, 0.6) is 0 Å². The van der Waals surface area contributed by atoms with Crippen LogP contribution in [0.4, 0.5) is 24.5 Å². The number of hydrogen-bond acceptors (Lipinski definition) is 6. The van der Waals surface area contributed by atoms with Gasteiger partial charge in [-0.3, -0.25) is 4.99 Å². The van der Waals surface area contributed by atoms with Gasteiger partial charge in [0.25, 0.3) is 0 Å². The van der Waals surface area contributed by atoms with E-state index in [0.29, 0.717) is 12.0 Å². The number of benzene rings is 2. The molecule has 2 unspecified atom stereocenters. The molecule has 2 aromatic carbocycles. The quantitative estimate of drug-likeness (QED) is 0.130. The van der Waals surface area contributed by atoms with Crippen LogP contribution in [0.25, 0.3) is 5.57 Å². The minimum atomic E-state index is -2.09. The van der Waals surface area contributed by atoms with E-state index < -0.39 is 34.2 Å². The molecule has 1 saturated heterocycles. The third-order valence-electron chi connectivity index (χ3n) is 7.14. The largest absolute Gasteiger partial charge is 0.388 e. The summed E-state index contributed by atoms with van der Waals surface area (Å²) in [6.45, 7) is 1.83. The number of anilines is 1. The molecule has 2 aromatic rings. The lowest BCUT2D eigenvalue weighted by Gasteiger charge is -2.24. The van der Waals surface area contributed by atoms with Gasteiger partial charge in [-0.25, -0.2) is 13.2 Å². The minimum absolute atomic E-state index is 0.211. The van der Waals surface area contributed by atoms with Gasteiger partial charge in [-0.15, -0.1) is 10.4 Å². The van der Waals surface area contributed by atoms with Gasteiger partial charge in [0.2, 0.25) is 5.69 Å². The van der Waals surface area contributed by atoms with Crippen molar-refractivity contribution >= 4 is 23.3 Å². The number of rotatable bonds is 7. The summed E-state index contributed by atoms with van der Waals surface area (Å²) in [7, 11) is 0. The number of fused-ring (bicyclic) bond motifs is 1. The Balaban J connectivity index is 1.38. The molecule has 5 rings (SSSR count). The predicted molar refractivity (Wildman–Crippen MR) is 142 cm³/mol. The predicted octanol–water partition coefficient (Wildman–Crippen LogP) is 4.79. The number of allylic oxidation sites excluding steroid dienone is 5. The summed E-state index contributed by atoms with van der Waals surface area (Å²) in [6.07, 6.45) is 10.6. The highest BCUT2D eigenvalue weighted by molar-refractivity contribution is 5.80. The SMILES string of the molecule is OC1CCc2c1cc(F)cc2[N+](O)(O)Nc1ccc(F)c(C2=C/C(=C/NC=NC3CCCNC3)CC=C2)c1F. The van der Waals surface area contributed by atoms with Crippen molar-refractivity contribution in [1.29, 1.82) is 0 Å². The van der Waals surface area contributed by atoms with E-state index in [1.807, 2.05) is 0 Å². The zero-order chi connectivity index (χ0) is 27.6. The van der Waals surface area contributed by atoms with Crippen molar-refractivity contribution in [2.45, 2.75) is 44.2 Å². The van der Waals surface area contributed by atoms with Crippen LogP contribution in [-0.2, 0) is 6.42 Å². The van der Waals surface area contributed by atoms with E-state index in [0.717, 1.165) is 55.8 Å². The van der Waals surface area contributed by atoms with Crippen molar-refractivity contribution in [3.63, 3.8) is 0 Å². The first-order valence-corrected chi connectivity index (χ1v) is 12.9. The van der Waals surface area contributed by atoms with E-state index in [-0.39, 0.29) is 41.3 Å². The number of nitrogens with zero attached hydrogens (tertiary/aromatic N) is 2. The molecular formula is C28H31F3N5O3+. The second-order valence-electron chi connectivity index (χ2n) is 9.91. The van der Waals surface area contributed by atoms with Gasteiger partial charge < -0.3 is 15.7 Å². The molecule has 8 nitrogen and oxygen atoms in total. The molecule has 2 atom stereocenters. The maximum atomic E-state index is 15.6. The number of aliphatic imine (C=N–C) groups is 1. The summed E-state index contributed by atoms with van der Waals surface area (Å²) >= 11 is 0. The molecule has 206 valence electrons. The van der Waals surface area contributed by atoms with Gasteiger partial charge in [0.1, 0.15) is 17.3 Å². The highest BCUT2D eigenvalue weighted by atomic mass is 19.1. The minimum Gasteiger partial charge on any atom is -0.388 e. The number of nitrogens with one attached hydrogen (secondary N) is 3. The molecule has 0 radical (unpaired) electrons. The van der Waals surface area contributed by atoms with Crippen LogP contribution in [0.3, 0.4) is 0 Å². The van der Waals surface area contributed by atoms with Crippen molar-refractivity contribution in [1.82, 2.24) is 15.6 Å². The first-order valence-electron chi connectivity index (χ1n) is 12.9. The van der Waals surface area contributed by atoms with Gasteiger partial charge in [0, 0.05) is 24.4 Å². The molecule has 0 aromatic heterocycles. The fourth-order valence-electron chi connectivity index (χ4n) is 5.20. The third kappa shape index (κ3) is 5.92.